The molecule has 20 heavy (non-hydrogen) atoms. The van der Waals surface area contributed by atoms with Gasteiger partial charge in [0.05, 0.1) is 4.90 Å². The molecule has 0 atom stereocenters. The van der Waals surface area contributed by atoms with Gasteiger partial charge in [-0.3, -0.25) is 0 Å². The summed E-state index contributed by atoms with van der Waals surface area (Å²) < 4.78 is 22.4. The van der Waals surface area contributed by atoms with Crippen molar-refractivity contribution in [3.63, 3.8) is 0 Å². The largest absolute Gasteiger partial charge is 0.312 e. The second kappa shape index (κ2) is 7.19. The van der Waals surface area contributed by atoms with Crippen LogP contribution in [0.2, 0.25) is 0 Å². The fraction of sp³-hybridized carbons (Fsp3) is 0.200. The maximum absolute atomic E-state index is 11.2. The minimum Gasteiger partial charge on any atom is -0.312 e. The molecule has 0 fully saturated rings. The molecule has 2 rings (SSSR count). The summed E-state index contributed by atoms with van der Waals surface area (Å²) in [5.41, 5.74) is 1.81. The molecule has 0 saturated carbocycles. The smallest absolute Gasteiger partial charge is 0.238 e. The average Bonchev–Trinajstić information content (AvgIpc) is 2.38. The first-order chi connectivity index (χ1) is 9.30. The summed E-state index contributed by atoms with van der Waals surface area (Å²) in [6, 6.07) is 16.1. The van der Waals surface area contributed by atoms with Crippen molar-refractivity contribution in [3.8, 4) is 11.1 Å². The van der Waals surface area contributed by atoms with Crippen LogP contribution in [0.3, 0.4) is 0 Å². The number of primary sulfonamides is 1. The average molecular weight is 292 g/mol. The number of rotatable bonds is 2. The Balaban J connectivity index is 0.000000444. The zero-order valence-electron chi connectivity index (χ0n) is 11.9. The Bertz CT molecular complexity index is 635. The Labute approximate surface area is 120 Å². The molecule has 4 nitrogen and oxygen atoms in total. The first-order valence-electron chi connectivity index (χ1n) is 6.10. The van der Waals surface area contributed by atoms with Gasteiger partial charge in [-0.1, -0.05) is 42.5 Å². The molecule has 0 aliphatic carbocycles. The fourth-order valence-corrected chi connectivity index (χ4v) is 2.04. The zero-order chi connectivity index (χ0) is 15.2. The summed E-state index contributed by atoms with van der Waals surface area (Å²) in [4.78, 5) is 2.13. The van der Waals surface area contributed by atoms with E-state index in [4.69, 9.17) is 5.14 Å². The van der Waals surface area contributed by atoms with E-state index in [1.54, 1.807) is 12.1 Å². The van der Waals surface area contributed by atoms with E-state index in [2.05, 4.69) is 0 Å². The van der Waals surface area contributed by atoms with Crippen LogP contribution in [-0.4, -0.2) is 34.5 Å². The third-order valence-electron chi connectivity index (χ3n) is 2.27. The topological polar surface area (TPSA) is 63.4 Å². The van der Waals surface area contributed by atoms with Gasteiger partial charge in [-0.05, 0) is 44.4 Å². The van der Waals surface area contributed by atoms with Crippen LogP contribution in [0.15, 0.2) is 59.5 Å². The number of sulfonamides is 1. The summed E-state index contributed by atoms with van der Waals surface area (Å²) >= 11 is 0. The molecule has 2 aromatic carbocycles. The van der Waals surface area contributed by atoms with E-state index in [0.29, 0.717) is 0 Å². The molecule has 0 aliphatic rings. The molecule has 2 aromatic rings. The van der Waals surface area contributed by atoms with Crippen molar-refractivity contribution in [2.75, 3.05) is 21.1 Å². The SMILES string of the molecule is CN(C)C.NS(=O)(=O)c1cccc(-c2ccccc2)c1. The van der Waals surface area contributed by atoms with Crippen LogP contribution >= 0.6 is 0 Å². The highest BCUT2D eigenvalue weighted by Crippen LogP contribution is 2.21. The molecule has 0 amide bonds. The van der Waals surface area contributed by atoms with Crippen LogP contribution in [0.1, 0.15) is 0 Å². The van der Waals surface area contributed by atoms with Gasteiger partial charge in [0.25, 0.3) is 0 Å². The van der Waals surface area contributed by atoms with Crippen molar-refractivity contribution in [1.82, 2.24) is 4.90 Å². The Morgan fingerprint density at radius 1 is 0.850 bits per heavy atom. The van der Waals surface area contributed by atoms with Gasteiger partial charge in [0.2, 0.25) is 10.0 Å². The Morgan fingerprint density at radius 2 is 1.35 bits per heavy atom. The molecule has 0 heterocycles. The molecular weight excluding hydrogens is 272 g/mol. The first-order valence-corrected chi connectivity index (χ1v) is 7.64. The fourth-order valence-electron chi connectivity index (χ4n) is 1.48. The van der Waals surface area contributed by atoms with Crippen LogP contribution < -0.4 is 5.14 Å². The second-order valence-electron chi connectivity index (χ2n) is 4.78. The molecule has 0 aromatic heterocycles. The molecular formula is C15H20N2O2S. The van der Waals surface area contributed by atoms with Gasteiger partial charge in [0.15, 0.2) is 0 Å². The molecule has 0 aliphatic heterocycles. The highest BCUT2D eigenvalue weighted by Gasteiger charge is 2.08. The van der Waals surface area contributed by atoms with Gasteiger partial charge >= 0.3 is 0 Å². The van der Waals surface area contributed by atoms with Crippen molar-refractivity contribution < 1.29 is 8.42 Å². The van der Waals surface area contributed by atoms with Gasteiger partial charge in [-0.15, -0.1) is 0 Å². The van der Waals surface area contributed by atoms with Crippen LogP contribution in [0, 0.1) is 0 Å². The number of hydrogen-bond acceptors (Lipinski definition) is 3. The van der Waals surface area contributed by atoms with Crippen molar-refractivity contribution in [1.29, 1.82) is 0 Å². The Kier molecular flexibility index (Phi) is 5.88. The summed E-state index contributed by atoms with van der Waals surface area (Å²) in [5, 5.41) is 5.08. The Hall–Kier alpha value is -1.69. The third kappa shape index (κ3) is 5.52. The highest BCUT2D eigenvalue weighted by atomic mass is 32.2. The predicted octanol–water partition coefficient (Wildman–Crippen LogP) is 2.18. The van der Waals surface area contributed by atoms with Gasteiger partial charge in [0.1, 0.15) is 0 Å². The van der Waals surface area contributed by atoms with E-state index in [1.165, 1.54) is 6.07 Å². The normalized spacial score (nSPS) is 10.8. The second-order valence-corrected chi connectivity index (χ2v) is 6.34. The van der Waals surface area contributed by atoms with E-state index in [9.17, 15) is 8.42 Å². The van der Waals surface area contributed by atoms with E-state index >= 15 is 0 Å². The monoisotopic (exact) mass is 292 g/mol. The molecule has 108 valence electrons. The van der Waals surface area contributed by atoms with Crippen molar-refractivity contribution in [2.24, 2.45) is 5.14 Å². The maximum atomic E-state index is 11.2. The van der Waals surface area contributed by atoms with Crippen molar-refractivity contribution in [3.05, 3.63) is 54.6 Å². The number of nitrogens with zero attached hydrogens (tertiary/aromatic N) is 1. The quantitative estimate of drug-likeness (QED) is 0.922. The van der Waals surface area contributed by atoms with E-state index in [1.807, 2.05) is 62.4 Å². The van der Waals surface area contributed by atoms with E-state index in [-0.39, 0.29) is 4.90 Å². The van der Waals surface area contributed by atoms with Gasteiger partial charge in [0, 0.05) is 0 Å². The van der Waals surface area contributed by atoms with Gasteiger partial charge in [-0.25, -0.2) is 13.6 Å². The summed E-state index contributed by atoms with van der Waals surface area (Å²) in [6.45, 7) is 0. The van der Waals surface area contributed by atoms with Gasteiger partial charge in [-0.2, -0.15) is 0 Å². The van der Waals surface area contributed by atoms with E-state index in [0.717, 1.165) is 11.1 Å². The molecule has 0 unspecified atom stereocenters. The standard InChI is InChI=1S/C12H11NO2S.C3H9N/c13-16(14,15)12-8-4-7-11(9-12)10-5-2-1-3-6-10;1-4(2)3/h1-9H,(H2,13,14,15);1-3H3. The number of nitrogens with two attached hydrogens (primary N) is 1. The van der Waals surface area contributed by atoms with Crippen LogP contribution in [-0.2, 0) is 10.0 Å². The first kappa shape index (κ1) is 16.4. The third-order valence-corrected chi connectivity index (χ3v) is 3.18. The lowest BCUT2D eigenvalue weighted by atomic mass is 10.1. The molecule has 0 bridgehead atoms. The predicted molar refractivity (Wildman–Crippen MR) is 82.9 cm³/mol. The molecule has 0 spiro atoms. The lowest BCUT2D eigenvalue weighted by Gasteiger charge is -2.03. The summed E-state index contributed by atoms with van der Waals surface area (Å²) in [7, 11) is 2.37. The highest BCUT2D eigenvalue weighted by molar-refractivity contribution is 7.89. The minimum absolute atomic E-state index is 0.133. The van der Waals surface area contributed by atoms with Gasteiger partial charge < -0.3 is 4.90 Å². The van der Waals surface area contributed by atoms with E-state index < -0.39 is 10.0 Å². The molecule has 0 saturated heterocycles. The Morgan fingerprint density at radius 3 is 1.85 bits per heavy atom. The van der Waals surface area contributed by atoms with Crippen LogP contribution in [0.4, 0.5) is 0 Å². The van der Waals surface area contributed by atoms with Crippen molar-refractivity contribution in [2.45, 2.75) is 4.90 Å². The van der Waals surface area contributed by atoms with Crippen LogP contribution in [0.25, 0.3) is 11.1 Å². The summed E-state index contributed by atoms with van der Waals surface area (Å²) in [6.07, 6.45) is 0. The molecule has 2 N–H and O–H groups in total. The number of hydrogen-bond donors (Lipinski definition) is 1. The minimum atomic E-state index is -3.63. The maximum Gasteiger partial charge on any atom is 0.238 e. The van der Waals surface area contributed by atoms with Crippen LogP contribution in [0.5, 0.6) is 0 Å². The lowest BCUT2D eigenvalue weighted by Crippen LogP contribution is -2.11. The zero-order valence-corrected chi connectivity index (χ0v) is 12.8. The molecule has 5 heteroatoms. The molecule has 0 radical (unpaired) electrons. The van der Waals surface area contributed by atoms with Crippen molar-refractivity contribution >= 4 is 10.0 Å². The number of benzene rings is 2. The summed E-state index contributed by atoms with van der Waals surface area (Å²) in [5.74, 6) is 0. The lowest BCUT2D eigenvalue weighted by molar-refractivity contribution is 0.505.